The second-order valence-corrected chi connectivity index (χ2v) is 6.17. The van der Waals surface area contributed by atoms with Crippen molar-refractivity contribution in [1.82, 2.24) is 0 Å². The van der Waals surface area contributed by atoms with Crippen LogP contribution in [-0.2, 0) is 0 Å². The summed E-state index contributed by atoms with van der Waals surface area (Å²) in [4.78, 5) is 12.6. The minimum absolute atomic E-state index is 0.153. The highest BCUT2D eigenvalue weighted by atomic mass is 16.1. The first-order chi connectivity index (χ1) is 11.3. The topological polar surface area (TPSA) is 17.1 Å². The van der Waals surface area contributed by atoms with Gasteiger partial charge in [0.1, 0.15) is 0 Å². The Balaban J connectivity index is 1.50. The van der Waals surface area contributed by atoms with Crippen LogP contribution in [0, 0.1) is 5.92 Å². The van der Waals surface area contributed by atoms with Gasteiger partial charge >= 0.3 is 0 Å². The molecule has 0 bridgehead atoms. The fourth-order valence-electron chi connectivity index (χ4n) is 3.23. The van der Waals surface area contributed by atoms with Gasteiger partial charge in [-0.25, -0.2) is 0 Å². The lowest BCUT2D eigenvalue weighted by molar-refractivity contribution is 0.0965. The zero-order valence-electron chi connectivity index (χ0n) is 12.9. The minimum Gasteiger partial charge on any atom is -0.294 e. The van der Waals surface area contributed by atoms with Crippen LogP contribution >= 0.6 is 0 Å². The molecule has 112 valence electrons. The fraction of sp³-hybridized carbons (Fsp3) is 0.136. The summed E-state index contributed by atoms with van der Waals surface area (Å²) in [7, 11) is 0. The summed E-state index contributed by atoms with van der Waals surface area (Å²) in [5, 5.41) is 0. The van der Waals surface area contributed by atoms with Crippen LogP contribution in [0.25, 0.3) is 11.1 Å². The predicted octanol–water partition coefficient (Wildman–Crippen LogP) is 5.34. The van der Waals surface area contributed by atoms with Crippen LogP contribution in [0.15, 0.2) is 84.9 Å². The molecule has 0 saturated heterocycles. The Morgan fingerprint density at radius 3 is 1.91 bits per heavy atom. The quantitative estimate of drug-likeness (QED) is 0.594. The minimum atomic E-state index is 0.153. The Morgan fingerprint density at radius 1 is 0.696 bits per heavy atom. The van der Waals surface area contributed by atoms with E-state index in [1.165, 1.54) is 11.1 Å². The van der Waals surface area contributed by atoms with Gasteiger partial charge in [-0.1, -0.05) is 84.9 Å². The van der Waals surface area contributed by atoms with Crippen molar-refractivity contribution in [2.24, 2.45) is 5.92 Å². The first-order valence-corrected chi connectivity index (χ1v) is 8.07. The third kappa shape index (κ3) is 2.83. The van der Waals surface area contributed by atoms with E-state index in [2.05, 4.69) is 24.3 Å². The SMILES string of the molecule is O=C(c1ccc(-c2ccccc2)cc1)C1CC1c1ccccc1. The van der Waals surface area contributed by atoms with E-state index >= 15 is 0 Å². The largest absolute Gasteiger partial charge is 0.294 e. The number of hydrogen-bond donors (Lipinski definition) is 0. The van der Waals surface area contributed by atoms with Gasteiger partial charge in [-0.2, -0.15) is 0 Å². The molecule has 0 amide bonds. The van der Waals surface area contributed by atoms with Gasteiger partial charge in [-0.05, 0) is 29.0 Å². The molecular weight excluding hydrogens is 280 g/mol. The molecule has 0 heterocycles. The van der Waals surface area contributed by atoms with Crippen molar-refractivity contribution in [3.63, 3.8) is 0 Å². The summed E-state index contributed by atoms with van der Waals surface area (Å²) in [6, 6.07) is 28.6. The lowest BCUT2D eigenvalue weighted by Gasteiger charge is -2.04. The van der Waals surface area contributed by atoms with Crippen LogP contribution in [0.4, 0.5) is 0 Å². The van der Waals surface area contributed by atoms with Crippen molar-refractivity contribution in [3.05, 3.63) is 96.1 Å². The monoisotopic (exact) mass is 298 g/mol. The predicted molar refractivity (Wildman–Crippen MR) is 93.5 cm³/mol. The molecule has 1 saturated carbocycles. The number of rotatable bonds is 4. The maximum atomic E-state index is 12.6. The third-order valence-corrected chi connectivity index (χ3v) is 4.63. The van der Waals surface area contributed by atoms with Crippen molar-refractivity contribution < 1.29 is 4.79 Å². The summed E-state index contributed by atoms with van der Waals surface area (Å²) in [5.41, 5.74) is 4.44. The summed E-state index contributed by atoms with van der Waals surface area (Å²) in [6.07, 6.45) is 0.975. The Kier molecular flexibility index (Phi) is 3.55. The maximum Gasteiger partial charge on any atom is 0.166 e. The van der Waals surface area contributed by atoms with Crippen LogP contribution in [0.2, 0.25) is 0 Å². The van der Waals surface area contributed by atoms with Gasteiger partial charge in [0, 0.05) is 11.5 Å². The molecule has 1 aliphatic rings. The molecule has 0 radical (unpaired) electrons. The highest BCUT2D eigenvalue weighted by molar-refractivity contribution is 6.00. The molecular formula is C22H18O. The summed E-state index contributed by atoms with van der Waals surface area (Å²) < 4.78 is 0. The van der Waals surface area contributed by atoms with Crippen molar-refractivity contribution in [1.29, 1.82) is 0 Å². The van der Waals surface area contributed by atoms with Gasteiger partial charge in [0.05, 0.1) is 0 Å². The van der Waals surface area contributed by atoms with E-state index in [0.29, 0.717) is 5.92 Å². The van der Waals surface area contributed by atoms with E-state index in [0.717, 1.165) is 17.5 Å². The molecule has 1 nitrogen and oxygen atoms in total. The van der Waals surface area contributed by atoms with E-state index < -0.39 is 0 Å². The molecule has 2 unspecified atom stereocenters. The fourth-order valence-corrected chi connectivity index (χ4v) is 3.23. The molecule has 0 aliphatic heterocycles. The lowest BCUT2D eigenvalue weighted by atomic mass is 9.99. The Hall–Kier alpha value is -2.67. The van der Waals surface area contributed by atoms with Crippen molar-refractivity contribution in [2.45, 2.75) is 12.3 Å². The number of Topliss-reactive ketones (excluding diaryl/α,β-unsaturated/α-hetero) is 1. The molecule has 0 aromatic heterocycles. The maximum absolute atomic E-state index is 12.6. The van der Waals surface area contributed by atoms with Gasteiger partial charge in [0.15, 0.2) is 5.78 Å². The Bertz CT molecular complexity index is 804. The van der Waals surface area contributed by atoms with Crippen LogP contribution in [-0.4, -0.2) is 5.78 Å². The van der Waals surface area contributed by atoms with E-state index in [1.54, 1.807) is 0 Å². The normalized spacial score (nSPS) is 19.3. The summed E-state index contributed by atoms with van der Waals surface area (Å²) >= 11 is 0. The number of carbonyl (C=O) groups excluding carboxylic acids is 1. The standard InChI is InChI=1S/C22H18O/c23-22(21-15-20(21)18-9-5-2-6-10-18)19-13-11-17(12-14-19)16-7-3-1-4-8-16/h1-14,20-21H,15H2. The molecule has 1 aliphatic carbocycles. The third-order valence-electron chi connectivity index (χ3n) is 4.63. The summed E-state index contributed by atoms with van der Waals surface area (Å²) in [5.74, 6) is 0.830. The molecule has 1 fully saturated rings. The number of benzene rings is 3. The average Bonchev–Trinajstić information content (AvgIpc) is 3.44. The number of carbonyl (C=O) groups is 1. The molecule has 1 heteroatoms. The van der Waals surface area contributed by atoms with E-state index in [1.807, 2.05) is 60.7 Å². The molecule has 23 heavy (non-hydrogen) atoms. The molecule has 3 aromatic carbocycles. The zero-order chi connectivity index (χ0) is 15.6. The second-order valence-electron chi connectivity index (χ2n) is 6.17. The molecule has 2 atom stereocenters. The van der Waals surface area contributed by atoms with Gasteiger partial charge in [0.2, 0.25) is 0 Å². The number of ketones is 1. The number of hydrogen-bond acceptors (Lipinski definition) is 1. The smallest absolute Gasteiger partial charge is 0.166 e. The zero-order valence-corrected chi connectivity index (χ0v) is 12.9. The highest BCUT2D eigenvalue weighted by Crippen LogP contribution is 2.49. The van der Waals surface area contributed by atoms with Crippen LogP contribution in [0.5, 0.6) is 0 Å². The molecule has 0 spiro atoms. The van der Waals surface area contributed by atoms with Crippen LogP contribution in [0.3, 0.4) is 0 Å². The first kappa shape index (κ1) is 14.0. The molecule has 3 aromatic rings. The van der Waals surface area contributed by atoms with Crippen molar-refractivity contribution in [3.8, 4) is 11.1 Å². The van der Waals surface area contributed by atoms with Crippen LogP contribution in [0.1, 0.15) is 28.3 Å². The van der Waals surface area contributed by atoms with E-state index in [-0.39, 0.29) is 11.7 Å². The Labute approximate surface area is 136 Å². The van der Waals surface area contributed by atoms with E-state index in [4.69, 9.17) is 0 Å². The molecule has 0 N–H and O–H groups in total. The second kappa shape index (κ2) is 5.85. The van der Waals surface area contributed by atoms with Gasteiger partial charge in [-0.15, -0.1) is 0 Å². The highest BCUT2D eigenvalue weighted by Gasteiger charge is 2.43. The lowest BCUT2D eigenvalue weighted by Crippen LogP contribution is -2.03. The first-order valence-electron chi connectivity index (χ1n) is 8.07. The molecule has 4 rings (SSSR count). The van der Waals surface area contributed by atoms with Crippen LogP contribution < -0.4 is 0 Å². The van der Waals surface area contributed by atoms with Gasteiger partial charge in [-0.3, -0.25) is 4.79 Å². The van der Waals surface area contributed by atoms with Gasteiger partial charge < -0.3 is 0 Å². The summed E-state index contributed by atoms with van der Waals surface area (Å²) in [6.45, 7) is 0. The Morgan fingerprint density at radius 2 is 1.26 bits per heavy atom. The average molecular weight is 298 g/mol. The van der Waals surface area contributed by atoms with Gasteiger partial charge in [0.25, 0.3) is 0 Å². The van der Waals surface area contributed by atoms with Crippen molar-refractivity contribution in [2.75, 3.05) is 0 Å². The van der Waals surface area contributed by atoms with Crippen molar-refractivity contribution >= 4 is 5.78 Å². The van der Waals surface area contributed by atoms with E-state index in [9.17, 15) is 4.79 Å².